The van der Waals surface area contributed by atoms with E-state index in [9.17, 15) is 13.2 Å². The van der Waals surface area contributed by atoms with E-state index in [2.05, 4.69) is 4.98 Å². The summed E-state index contributed by atoms with van der Waals surface area (Å²) in [5.74, 6) is -0.0795. The van der Waals surface area contributed by atoms with E-state index in [-0.39, 0.29) is 17.0 Å². The van der Waals surface area contributed by atoms with Gasteiger partial charge in [-0.15, -0.1) is 0 Å². The first-order valence-electron chi connectivity index (χ1n) is 10.2. The molecule has 0 aliphatic heterocycles. The van der Waals surface area contributed by atoms with Crippen LogP contribution in [0.2, 0.25) is 0 Å². The second-order valence-corrected chi connectivity index (χ2v) is 9.64. The fraction of sp³-hybridized carbons (Fsp3) is 0.167. The molecule has 0 aliphatic carbocycles. The number of carboxylic acids is 1. The predicted octanol–water partition coefficient (Wildman–Crippen LogP) is 3.64. The minimum Gasteiger partial charge on any atom is -0.480 e. The molecule has 0 aliphatic rings. The van der Waals surface area contributed by atoms with Crippen LogP contribution in [0.3, 0.4) is 0 Å². The molecule has 2 aromatic heterocycles. The minimum atomic E-state index is -3.84. The number of benzene rings is 2. The van der Waals surface area contributed by atoms with Gasteiger partial charge in [0.15, 0.2) is 5.65 Å². The second-order valence-electron chi connectivity index (χ2n) is 7.83. The zero-order valence-electron chi connectivity index (χ0n) is 18.1. The van der Waals surface area contributed by atoms with E-state index >= 15 is 0 Å². The Balaban J connectivity index is 1.68. The Labute approximate surface area is 191 Å². The van der Waals surface area contributed by atoms with Crippen LogP contribution in [-0.4, -0.2) is 34.5 Å². The van der Waals surface area contributed by atoms with Crippen molar-refractivity contribution in [2.24, 2.45) is 5.73 Å². The summed E-state index contributed by atoms with van der Waals surface area (Å²) < 4.78 is 33.7. The summed E-state index contributed by atoms with van der Waals surface area (Å²) in [4.78, 5) is 15.4. The van der Waals surface area contributed by atoms with E-state index in [0.29, 0.717) is 22.4 Å². The standard InChI is InChI=1S/C24H23N3O5S/c1-15-3-9-19(10-4-15)33(30,31)27-14-16(2)22-21(11-12-26-23(22)27)32-18-7-5-17(6-8-18)13-20(25)24(28)29/h3-12,14,20H,13,25H2,1-2H3,(H,28,29). The van der Waals surface area contributed by atoms with E-state index < -0.39 is 22.0 Å². The first kappa shape index (κ1) is 22.5. The van der Waals surface area contributed by atoms with Gasteiger partial charge in [0.1, 0.15) is 17.5 Å². The van der Waals surface area contributed by atoms with Crippen LogP contribution in [0.15, 0.2) is 71.9 Å². The number of rotatable bonds is 7. The first-order chi connectivity index (χ1) is 15.7. The smallest absolute Gasteiger partial charge is 0.320 e. The van der Waals surface area contributed by atoms with Crippen molar-refractivity contribution in [2.45, 2.75) is 31.2 Å². The summed E-state index contributed by atoms with van der Waals surface area (Å²) in [5, 5.41) is 9.55. The van der Waals surface area contributed by atoms with Crippen molar-refractivity contribution in [1.82, 2.24) is 8.96 Å². The number of hydrogen-bond donors (Lipinski definition) is 2. The van der Waals surface area contributed by atoms with Gasteiger partial charge in [-0.25, -0.2) is 17.4 Å². The average Bonchev–Trinajstić information content (AvgIpc) is 3.13. The number of hydrogen-bond acceptors (Lipinski definition) is 6. The summed E-state index contributed by atoms with van der Waals surface area (Å²) in [7, 11) is -3.84. The van der Waals surface area contributed by atoms with E-state index in [1.165, 1.54) is 16.4 Å². The summed E-state index contributed by atoms with van der Waals surface area (Å²) in [6.45, 7) is 3.69. The number of nitrogens with two attached hydrogens (primary N) is 1. The van der Waals surface area contributed by atoms with Crippen molar-refractivity contribution >= 4 is 27.0 Å². The van der Waals surface area contributed by atoms with Gasteiger partial charge in [0.05, 0.1) is 10.3 Å². The highest BCUT2D eigenvalue weighted by molar-refractivity contribution is 7.90. The number of nitrogens with zero attached hydrogens (tertiary/aromatic N) is 2. The van der Waals surface area contributed by atoms with Gasteiger partial charge in [-0.05, 0) is 61.7 Å². The molecule has 0 amide bonds. The molecule has 8 nitrogen and oxygen atoms in total. The number of aryl methyl sites for hydroxylation is 2. The Morgan fingerprint density at radius 2 is 1.76 bits per heavy atom. The molecule has 2 heterocycles. The number of pyridine rings is 1. The fourth-order valence-electron chi connectivity index (χ4n) is 3.53. The van der Waals surface area contributed by atoms with Gasteiger partial charge in [0.25, 0.3) is 10.0 Å². The van der Waals surface area contributed by atoms with E-state index in [4.69, 9.17) is 15.6 Å². The fourth-order valence-corrected chi connectivity index (χ4v) is 4.90. The maximum Gasteiger partial charge on any atom is 0.320 e. The summed E-state index contributed by atoms with van der Waals surface area (Å²) in [6, 6.07) is 14.3. The van der Waals surface area contributed by atoms with Crippen molar-refractivity contribution in [2.75, 3.05) is 0 Å². The zero-order valence-corrected chi connectivity index (χ0v) is 18.9. The molecule has 170 valence electrons. The van der Waals surface area contributed by atoms with E-state index in [1.807, 2.05) is 6.92 Å². The monoisotopic (exact) mass is 465 g/mol. The number of fused-ring (bicyclic) bond motifs is 1. The quantitative estimate of drug-likeness (QED) is 0.427. The second kappa shape index (κ2) is 8.68. The maximum atomic E-state index is 13.2. The highest BCUT2D eigenvalue weighted by Crippen LogP contribution is 2.34. The summed E-state index contributed by atoms with van der Waals surface area (Å²) >= 11 is 0. The SMILES string of the molecule is Cc1ccc(S(=O)(=O)n2cc(C)c3c(Oc4ccc(CC(N)C(=O)O)cc4)ccnc32)cc1. The van der Waals surface area contributed by atoms with Crippen LogP contribution in [-0.2, 0) is 21.2 Å². The average molecular weight is 466 g/mol. The van der Waals surface area contributed by atoms with E-state index in [0.717, 1.165) is 11.1 Å². The van der Waals surface area contributed by atoms with Crippen molar-refractivity contribution in [3.63, 3.8) is 0 Å². The normalized spacial score (nSPS) is 12.6. The molecule has 0 saturated heterocycles. The lowest BCUT2D eigenvalue weighted by molar-refractivity contribution is -0.138. The van der Waals surface area contributed by atoms with Crippen LogP contribution < -0.4 is 10.5 Å². The largest absolute Gasteiger partial charge is 0.480 e. The molecular weight excluding hydrogens is 442 g/mol. The van der Waals surface area contributed by atoms with Crippen LogP contribution in [0.4, 0.5) is 0 Å². The van der Waals surface area contributed by atoms with Gasteiger partial charge in [0, 0.05) is 12.4 Å². The van der Waals surface area contributed by atoms with Crippen molar-refractivity contribution in [3.8, 4) is 11.5 Å². The number of aliphatic carboxylic acids is 1. The topological polar surface area (TPSA) is 125 Å². The van der Waals surface area contributed by atoms with Crippen molar-refractivity contribution in [1.29, 1.82) is 0 Å². The van der Waals surface area contributed by atoms with Gasteiger partial charge in [-0.3, -0.25) is 4.79 Å². The lowest BCUT2D eigenvalue weighted by Gasteiger charge is -2.10. The predicted molar refractivity (Wildman–Crippen MR) is 124 cm³/mol. The van der Waals surface area contributed by atoms with Crippen LogP contribution in [0.25, 0.3) is 11.0 Å². The first-order valence-corrected chi connectivity index (χ1v) is 11.6. The Morgan fingerprint density at radius 1 is 1.09 bits per heavy atom. The van der Waals surface area contributed by atoms with Crippen molar-refractivity contribution in [3.05, 3.63) is 83.7 Å². The number of carboxylic acid groups (broad SMARTS) is 1. The van der Waals surface area contributed by atoms with Gasteiger partial charge in [-0.2, -0.15) is 0 Å². The van der Waals surface area contributed by atoms with Gasteiger partial charge < -0.3 is 15.6 Å². The number of carbonyl (C=O) groups is 1. The van der Waals surface area contributed by atoms with Gasteiger partial charge in [-0.1, -0.05) is 29.8 Å². The van der Waals surface area contributed by atoms with E-state index in [1.54, 1.807) is 61.5 Å². The molecule has 4 aromatic rings. The number of ether oxygens (including phenoxy) is 1. The molecule has 0 spiro atoms. The van der Waals surface area contributed by atoms with Crippen LogP contribution in [0.5, 0.6) is 11.5 Å². The molecule has 1 atom stereocenters. The van der Waals surface area contributed by atoms with Crippen LogP contribution >= 0.6 is 0 Å². The highest BCUT2D eigenvalue weighted by atomic mass is 32.2. The third-order valence-corrected chi connectivity index (χ3v) is 6.97. The Bertz CT molecular complexity index is 1430. The molecule has 0 saturated carbocycles. The third kappa shape index (κ3) is 4.46. The van der Waals surface area contributed by atoms with Crippen LogP contribution in [0.1, 0.15) is 16.7 Å². The molecule has 0 bridgehead atoms. The molecule has 1 unspecified atom stereocenters. The van der Waals surface area contributed by atoms with Crippen LogP contribution in [0, 0.1) is 13.8 Å². The third-order valence-electron chi connectivity index (χ3n) is 5.31. The summed E-state index contributed by atoms with van der Waals surface area (Å²) in [6.07, 6.45) is 3.24. The van der Waals surface area contributed by atoms with Gasteiger partial charge >= 0.3 is 5.97 Å². The molecule has 0 fully saturated rings. The Hall–Kier alpha value is -3.69. The van der Waals surface area contributed by atoms with Crippen molar-refractivity contribution < 1.29 is 23.1 Å². The van der Waals surface area contributed by atoms with Gasteiger partial charge in [0.2, 0.25) is 0 Å². The Morgan fingerprint density at radius 3 is 2.39 bits per heavy atom. The lowest BCUT2D eigenvalue weighted by Crippen LogP contribution is -2.32. The molecule has 33 heavy (non-hydrogen) atoms. The lowest BCUT2D eigenvalue weighted by atomic mass is 10.1. The molecule has 9 heteroatoms. The minimum absolute atomic E-state index is 0.174. The molecule has 4 rings (SSSR count). The molecule has 2 aromatic carbocycles. The Kier molecular flexibility index (Phi) is 5.92. The molecule has 3 N–H and O–H groups in total. The summed E-state index contributed by atoms with van der Waals surface area (Å²) in [5.41, 5.74) is 8.29. The molecular formula is C24H23N3O5S. The molecule has 0 radical (unpaired) electrons. The maximum absolute atomic E-state index is 13.2. The number of aromatic nitrogens is 2. The highest BCUT2D eigenvalue weighted by Gasteiger charge is 2.23. The zero-order chi connectivity index (χ0) is 23.8.